The number of methoxy groups -OCH3 is 1. The van der Waals surface area contributed by atoms with E-state index in [2.05, 4.69) is 51.8 Å². The summed E-state index contributed by atoms with van der Waals surface area (Å²) in [5.41, 5.74) is 4.58. The zero-order chi connectivity index (χ0) is 19.2. The van der Waals surface area contributed by atoms with Crippen molar-refractivity contribution < 1.29 is 9.53 Å². The second-order valence-corrected chi connectivity index (χ2v) is 6.25. The fourth-order valence-electron chi connectivity index (χ4n) is 2.55. The molecule has 0 aliphatic carbocycles. The van der Waals surface area contributed by atoms with E-state index in [0.717, 1.165) is 11.4 Å². The highest BCUT2D eigenvalue weighted by atomic mass is 16.5. The van der Waals surface area contributed by atoms with Crippen molar-refractivity contribution in [1.29, 1.82) is 0 Å². The van der Waals surface area contributed by atoms with Crippen molar-refractivity contribution in [2.45, 2.75) is 20.4 Å². The Morgan fingerprint density at radius 2 is 1.70 bits per heavy atom. The molecule has 0 aliphatic rings. The van der Waals surface area contributed by atoms with Crippen LogP contribution in [-0.2, 0) is 11.3 Å². The van der Waals surface area contributed by atoms with Gasteiger partial charge < -0.3 is 15.4 Å². The molecule has 138 valence electrons. The molecule has 3 aromatic rings. The van der Waals surface area contributed by atoms with Crippen LogP contribution in [0.4, 0.5) is 17.5 Å². The van der Waals surface area contributed by atoms with Gasteiger partial charge in [-0.25, -0.2) is 9.78 Å². The molecule has 27 heavy (non-hydrogen) atoms. The number of nitrogens with one attached hydrogen (secondary N) is 2. The highest BCUT2D eigenvalue weighted by molar-refractivity contribution is 5.89. The summed E-state index contributed by atoms with van der Waals surface area (Å²) >= 11 is 0. The third kappa shape index (κ3) is 5.04. The molecular weight excluding hydrogens is 340 g/mol. The standard InChI is InChI=1S/C21H22N4O2/c1-14-4-6-16(7-5-14)13-22-21-23-15(2)12-19(25-21)24-18-10-8-17(9-11-18)20(26)27-3/h4-12H,13H2,1-3H3,(H2,22,23,24,25). The second kappa shape index (κ2) is 8.31. The lowest BCUT2D eigenvalue weighted by Crippen LogP contribution is -2.06. The van der Waals surface area contributed by atoms with Crippen LogP contribution < -0.4 is 10.6 Å². The van der Waals surface area contributed by atoms with Crippen LogP contribution in [0.3, 0.4) is 0 Å². The highest BCUT2D eigenvalue weighted by Crippen LogP contribution is 2.18. The molecule has 6 nitrogen and oxygen atoms in total. The van der Waals surface area contributed by atoms with Crippen molar-refractivity contribution >= 4 is 23.4 Å². The molecule has 0 saturated heterocycles. The van der Waals surface area contributed by atoms with E-state index in [4.69, 9.17) is 4.74 Å². The smallest absolute Gasteiger partial charge is 0.337 e. The summed E-state index contributed by atoms with van der Waals surface area (Å²) in [5, 5.41) is 6.49. The second-order valence-electron chi connectivity index (χ2n) is 6.25. The molecule has 0 fully saturated rings. The van der Waals surface area contributed by atoms with Gasteiger partial charge in [0, 0.05) is 24.0 Å². The number of ether oxygens (including phenoxy) is 1. The Kier molecular flexibility index (Phi) is 5.66. The zero-order valence-corrected chi connectivity index (χ0v) is 15.6. The van der Waals surface area contributed by atoms with E-state index >= 15 is 0 Å². The Hall–Kier alpha value is -3.41. The van der Waals surface area contributed by atoms with E-state index in [-0.39, 0.29) is 5.97 Å². The van der Waals surface area contributed by atoms with Crippen LogP contribution in [0.15, 0.2) is 54.6 Å². The summed E-state index contributed by atoms with van der Waals surface area (Å²) < 4.78 is 4.71. The number of nitrogens with zero attached hydrogens (tertiary/aromatic N) is 2. The fourth-order valence-corrected chi connectivity index (χ4v) is 2.55. The van der Waals surface area contributed by atoms with Gasteiger partial charge >= 0.3 is 5.97 Å². The zero-order valence-electron chi connectivity index (χ0n) is 15.6. The lowest BCUT2D eigenvalue weighted by atomic mass is 10.1. The van der Waals surface area contributed by atoms with Crippen LogP contribution in [0.25, 0.3) is 0 Å². The van der Waals surface area contributed by atoms with Crippen molar-refractivity contribution in [3.05, 3.63) is 77.0 Å². The van der Waals surface area contributed by atoms with E-state index in [9.17, 15) is 4.79 Å². The minimum atomic E-state index is -0.359. The lowest BCUT2D eigenvalue weighted by molar-refractivity contribution is 0.0601. The van der Waals surface area contributed by atoms with Crippen LogP contribution in [-0.4, -0.2) is 23.0 Å². The van der Waals surface area contributed by atoms with Crippen LogP contribution in [0.2, 0.25) is 0 Å². The molecule has 0 bridgehead atoms. The van der Waals surface area contributed by atoms with Gasteiger partial charge in [0.05, 0.1) is 12.7 Å². The maximum absolute atomic E-state index is 11.5. The van der Waals surface area contributed by atoms with Crippen molar-refractivity contribution in [1.82, 2.24) is 9.97 Å². The first kappa shape index (κ1) is 18.4. The van der Waals surface area contributed by atoms with Crippen LogP contribution in [0.1, 0.15) is 27.2 Å². The molecule has 0 atom stereocenters. The molecule has 0 amide bonds. The normalized spacial score (nSPS) is 10.3. The molecule has 2 aromatic carbocycles. The SMILES string of the molecule is COC(=O)c1ccc(Nc2cc(C)nc(NCc3ccc(C)cc3)n2)cc1. The van der Waals surface area contributed by atoms with E-state index in [1.54, 1.807) is 12.1 Å². The Bertz CT molecular complexity index is 922. The first-order valence-electron chi connectivity index (χ1n) is 8.64. The largest absolute Gasteiger partial charge is 0.465 e. The predicted molar refractivity (Wildman–Crippen MR) is 106 cm³/mol. The van der Waals surface area contributed by atoms with E-state index in [0.29, 0.717) is 23.9 Å². The third-order valence-electron chi connectivity index (χ3n) is 4.00. The number of aryl methyl sites for hydroxylation is 2. The number of carbonyl (C=O) groups is 1. The lowest BCUT2D eigenvalue weighted by Gasteiger charge is -2.10. The van der Waals surface area contributed by atoms with Gasteiger partial charge in [-0.1, -0.05) is 29.8 Å². The molecule has 1 heterocycles. The monoisotopic (exact) mass is 362 g/mol. The van der Waals surface area contributed by atoms with Gasteiger partial charge in [0.15, 0.2) is 0 Å². The third-order valence-corrected chi connectivity index (χ3v) is 4.00. The van der Waals surface area contributed by atoms with E-state index in [1.165, 1.54) is 18.2 Å². The molecule has 0 unspecified atom stereocenters. The molecule has 2 N–H and O–H groups in total. The molecule has 6 heteroatoms. The fraction of sp³-hybridized carbons (Fsp3) is 0.190. The average Bonchev–Trinajstić information content (AvgIpc) is 2.67. The number of carbonyl (C=O) groups excluding carboxylic acids is 1. The van der Waals surface area contributed by atoms with Crippen molar-refractivity contribution in [3.8, 4) is 0 Å². The number of rotatable bonds is 6. The molecule has 0 radical (unpaired) electrons. The summed E-state index contributed by atoms with van der Waals surface area (Å²) in [4.78, 5) is 20.5. The summed E-state index contributed by atoms with van der Waals surface area (Å²) in [6, 6.07) is 17.2. The van der Waals surface area contributed by atoms with Crippen molar-refractivity contribution in [2.75, 3.05) is 17.7 Å². The molecular formula is C21H22N4O2. The molecule has 0 saturated carbocycles. The summed E-state index contributed by atoms with van der Waals surface area (Å²) in [6.45, 7) is 4.64. The number of benzene rings is 2. The molecule has 0 spiro atoms. The Morgan fingerprint density at radius 3 is 2.37 bits per heavy atom. The van der Waals surface area contributed by atoms with Gasteiger partial charge in [-0.05, 0) is 43.7 Å². The predicted octanol–water partition coefficient (Wildman–Crippen LogP) is 4.24. The minimum Gasteiger partial charge on any atom is -0.465 e. The Labute approximate surface area is 158 Å². The topological polar surface area (TPSA) is 76.1 Å². The van der Waals surface area contributed by atoms with Gasteiger partial charge in [-0.2, -0.15) is 4.98 Å². The minimum absolute atomic E-state index is 0.359. The number of anilines is 3. The maximum Gasteiger partial charge on any atom is 0.337 e. The summed E-state index contributed by atoms with van der Waals surface area (Å²) in [7, 11) is 1.36. The number of hydrogen-bond donors (Lipinski definition) is 2. The van der Waals surface area contributed by atoms with Crippen LogP contribution in [0, 0.1) is 13.8 Å². The van der Waals surface area contributed by atoms with Crippen molar-refractivity contribution in [3.63, 3.8) is 0 Å². The maximum atomic E-state index is 11.5. The quantitative estimate of drug-likeness (QED) is 0.639. The first-order chi connectivity index (χ1) is 13.0. The Morgan fingerprint density at radius 1 is 1.00 bits per heavy atom. The van der Waals surface area contributed by atoms with Crippen LogP contribution >= 0.6 is 0 Å². The molecule has 3 rings (SSSR count). The number of esters is 1. The number of hydrogen-bond acceptors (Lipinski definition) is 6. The van der Waals surface area contributed by atoms with Gasteiger partial charge in [0.1, 0.15) is 5.82 Å². The summed E-state index contributed by atoms with van der Waals surface area (Å²) in [5.74, 6) is 0.881. The van der Waals surface area contributed by atoms with Gasteiger partial charge in [-0.15, -0.1) is 0 Å². The van der Waals surface area contributed by atoms with E-state index in [1.807, 2.05) is 25.1 Å². The number of aromatic nitrogens is 2. The highest BCUT2D eigenvalue weighted by Gasteiger charge is 2.06. The first-order valence-corrected chi connectivity index (χ1v) is 8.64. The van der Waals surface area contributed by atoms with Crippen molar-refractivity contribution in [2.24, 2.45) is 0 Å². The Balaban J connectivity index is 1.69. The van der Waals surface area contributed by atoms with Gasteiger partial charge in [-0.3, -0.25) is 0 Å². The average molecular weight is 362 g/mol. The van der Waals surface area contributed by atoms with Gasteiger partial charge in [0.25, 0.3) is 0 Å². The van der Waals surface area contributed by atoms with Gasteiger partial charge in [0.2, 0.25) is 5.95 Å². The van der Waals surface area contributed by atoms with Crippen LogP contribution in [0.5, 0.6) is 0 Å². The molecule has 0 aliphatic heterocycles. The van der Waals surface area contributed by atoms with E-state index < -0.39 is 0 Å². The molecule has 1 aromatic heterocycles. The summed E-state index contributed by atoms with van der Waals surface area (Å²) in [6.07, 6.45) is 0.